The normalized spacial score (nSPS) is 32.1. The van der Waals surface area contributed by atoms with Gasteiger partial charge >= 0.3 is 0 Å². The maximum absolute atomic E-state index is 3.56. The zero-order valence-corrected chi connectivity index (χ0v) is 7.27. The summed E-state index contributed by atoms with van der Waals surface area (Å²) in [7, 11) is 0. The van der Waals surface area contributed by atoms with Crippen molar-refractivity contribution in [3.05, 3.63) is 11.8 Å². The van der Waals surface area contributed by atoms with E-state index in [0.717, 1.165) is 12.0 Å². The summed E-state index contributed by atoms with van der Waals surface area (Å²) in [6, 6.07) is 0.789. The van der Waals surface area contributed by atoms with Crippen LogP contribution in [-0.2, 0) is 0 Å². The Bertz CT molecular complexity index is 166. The molecule has 62 valence electrons. The van der Waals surface area contributed by atoms with Gasteiger partial charge in [0.25, 0.3) is 0 Å². The van der Waals surface area contributed by atoms with Crippen molar-refractivity contribution < 1.29 is 0 Å². The molecule has 0 bridgehead atoms. The highest BCUT2D eigenvalue weighted by molar-refractivity contribution is 5.08. The SMILES string of the molecule is CC1=CCC(C2CCCC2)N1. The van der Waals surface area contributed by atoms with E-state index >= 15 is 0 Å². The van der Waals surface area contributed by atoms with Crippen LogP contribution in [-0.4, -0.2) is 6.04 Å². The minimum atomic E-state index is 0.789. The number of rotatable bonds is 1. The highest BCUT2D eigenvalue weighted by atomic mass is 14.9. The van der Waals surface area contributed by atoms with Crippen molar-refractivity contribution >= 4 is 0 Å². The van der Waals surface area contributed by atoms with E-state index in [1.165, 1.54) is 37.8 Å². The molecule has 2 rings (SSSR count). The van der Waals surface area contributed by atoms with Crippen molar-refractivity contribution in [2.45, 2.75) is 45.1 Å². The maximum atomic E-state index is 3.56. The van der Waals surface area contributed by atoms with Gasteiger partial charge in [-0.05, 0) is 32.1 Å². The van der Waals surface area contributed by atoms with Crippen molar-refractivity contribution in [2.75, 3.05) is 0 Å². The van der Waals surface area contributed by atoms with Gasteiger partial charge in [0.15, 0.2) is 0 Å². The van der Waals surface area contributed by atoms with Gasteiger partial charge in [0.2, 0.25) is 0 Å². The zero-order chi connectivity index (χ0) is 7.68. The van der Waals surface area contributed by atoms with Gasteiger partial charge in [-0.25, -0.2) is 0 Å². The molecule has 1 aliphatic heterocycles. The third-order valence-electron chi connectivity index (χ3n) is 3.06. The molecule has 11 heavy (non-hydrogen) atoms. The number of hydrogen-bond donors (Lipinski definition) is 1. The van der Waals surface area contributed by atoms with Crippen LogP contribution >= 0.6 is 0 Å². The first kappa shape index (κ1) is 7.20. The Kier molecular flexibility index (Phi) is 1.89. The van der Waals surface area contributed by atoms with E-state index in [1.807, 2.05) is 0 Å². The standard InChI is InChI=1S/C10H17N/c1-8-6-7-10(11-8)9-4-2-3-5-9/h6,9-11H,2-5,7H2,1H3. The van der Waals surface area contributed by atoms with E-state index in [4.69, 9.17) is 0 Å². The monoisotopic (exact) mass is 151 g/mol. The Morgan fingerprint density at radius 3 is 2.64 bits per heavy atom. The van der Waals surface area contributed by atoms with Gasteiger partial charge in [-0.15, -0.1) is 0 Å². The van der Waals surface area contributed by atoms with Crippen LogP contribution in [0.15, 0.2) is 11.8 Å². The van der Waals surface area contributed by atoms with Crippen molar-refractivity contribution in [3.63, 3.8) is 0 Å². The molecule has 1 heteroatoms. The molecular weight excluding hydrogens is 134 g/mol. The lowest BCUT2D eigenvalue weighted by atomic mass is 9.97. The lowest BCUT2D eigenvalue weighted by molar-refractivity contribution is 0.403. The molecule has 1 saturated carbocycles. The zero-order valence-electron chi connectivity index (χ0n) is 7.27. The average molecular weight is 151 g/mol. The van der Waals surface area contributed by atoms with Gasteiger partial charge in [-0.3, -0.25) is 0 Å². The van der Waals surface area contributed by atoms with Crippen LogP contribution in [0, 0.1) is 5.92 Å². The molecule has 0 amide bonds. The first-order chi connectivity index (χ1) is 5.36. The Morgan fingerprint density at radius 2 is 2.09 bits per heavy atom. The lowest BCUT2D eigenvalue weighted by Crippen LogP contribution is -2.28. The second-order valence-corrected chi connectivity index (χ2v) is 3.92. The van der Waals surface area contributed by atoms with Crippen molar-refractivity contribution in [1.82, 2.24) is 5.32 Å². The Hall–Kier alpha value is -0.460. The highest BCUT2D eigenvalue weighted by Crippen LogP contribution is 2.31. The van der Waals surface area contributed by atoms with Crippen molar-refractivity contribution in [3.8, 4) is 0 Å². The molecule has 1 fully saturated rings. The summed E-state index contributed by atoms with van der Waals surface area (Å²) in [5.74, 6) is 0.976. The summed E-state index contributed by atoms with van der Waals surface area (Å²) in [6.45, 7) is 2.18. The van der Waals surface area contributed by atoms with E-state index in [0.29, 0.717) is 0 Å². The van der Waals surface area contributed by atoms with Gasteiger partial charge in [-0.1, -0.05) is 18.9 Å². The molecule has 1 nitrogen and oxygen atoms in total. The van der Waals surface area contributed by atoms with Crippen LogP contribution in [0.1, 0.15) is 39.0 Å². The third kappa shape index (κ3) is 1.42. The molecule has 1 heterocycles. The third-order valence-corrected chi connectivity index (χ3v) is 3.06. The first-order valence-electron chi connectivity index (χ1n) is 4.79. The fourth-order valence-electron chi connectivity index (χ4n) is 2.38. The Balaban J connectivity index is 1.88. The molecule has 0 aromatic heterocycles. The Labute approximate surface area is 68.9 Å². The summed E-state index contributed by atoms with van der Waals surface area (Å²) in [4.78, 5) is 0. The smallest absolute Gasteiger partial charge is 0.0321 e. The predicted molar refractivity (Wildman–Crippen MR) is 47.3 cm³/mol. The van der Waals surface area contributed by atoms with Crippen LogP contribution < -0.4 is 5.32 Å². The Morgan fingerprint density at radius 1 is 1.36 bits per heavy atom. The topological polar surface area (TPSA) is 12.0 Å². The minimum Gasteiger partial charge on any atom is -0.385 e. The van der Waals surface area contributed by atoms with E-state index in [1.54, 1.807) is 0 Å². The number of allylic oxidation sites excluding steroid dienone is 1. The number of nitrogens with one attached hydrogen (secondary N) is 1. The average Bonchev–Trinajstić information content (AvgIpc) is 2.55. The van der Waals surface area contributed by atoms with E-state index in [9.17, 15) is 0 Å². The van der Waals surface area contributed by atoms with Crippen LogP contribution in [0.5, 0.6) is 0 Å². The number of hydrogen-bond acceptors (Lipinski definition) is 1. The maximum Gasteiger partial charge on any atom is 0.0321 e. The van der Waals surface area contributed by atoms with E-state index < -0.39 is 0 Å². The van der Waals surface area contributed by atoms with Gasteiger partial charge in [0, 0.05) is 11.7 Å². The molecule has 1 N–H and O–H groups in total. The molecule has 2 aliphatic rings. The molecular formula is C10H17N. The molecule has 1 aliphatic carbocycles. The fraction of sp³-hybridized carbons (Fsp3) is 0.800. The summed E-state index contributed by atoms with van der Waals surface area (Å²) in [6.07, 6.45) is 9.45. The van der Waals surface area contributed by atoms with E-state index in [-0.39, 0.29) is 0 Å². The minimum absolute atomic E-state index is 0.789. The van der Waals surface area contributed by atoms with Gasteiger partial charge < -0.3 is 5.32 Å². The molecule has 0 radical (unpaired) electrons. The largest absolute Gasteiger partial charge is 0.385 e. The van der Waals surface area contributed by atoms with Gasteiger partial charge in [-0.2, -0.15) is 0 Å². The summed E-state index contributed by atoms with van der Waals surface area (Å²) in [5.41, 5.74) is 1.39. The molecule has 0 aromatic carbocycles. The van der Waals surface area contributed by atoms with Gasteiger partial charge in [0.1, 0.15) is 0 Å². The quantitative estimate of drug-likeness (QED) is 0.607. The van der Waals surface area contributed by atoms with Crippen molar-refractivity contribution in [2.24, 2.45) is 5.92 Å². The molecule has 0 saturated heterocycles. The fourth-order valence-corrected chi connectivity index (χ4v) is 2.38. The molecule has 1 unspecified atom stereocenters. The van der Waals surface area contributed by atoms with Crippen molar-refractivity contribution in [1.29, 1.82) is 0 Å². The molecule has 0 aromatic rings. The first-order valence-corrected chi connectivity index (χ1v) is 4.79. The van der Waals surface area contributed by atoms with Crippen LogP contribution in [0.2, 0.25) is 0 Å². The second kappa shape index (κ2) is 2.88. The summed E-state index contributed by atoms with van der Waals surface area (Å²) < 4.78 is 0. The van der Waals surface area contributed by atoms with Crippen LogP contribution in [0.4, 0.5) is 0 Å². The van der Waals surface area contributed by atoms with Crippen LogP contribution in [0.25, 0.3) is 0 Å². The predicted octanol–water partition coefficient (Wildman–Crippen LogP) is 2.44. The lowest BCUT2D eigenvalue weighted by Gasteiger charge is -2.19. The van der Waals surface area contributed by atoms with Crippen LogP contribution in [0.3, 0.4) is 0 Å². The molecule has 1 atom stereocenters. The van der Waals surface area contributed by atoms with E-state index in [2.05, 4.69) is 18.3 Å². The highest BCUT2D eigenvalue weighted by Gasteiger charge is 2.26. The summed E-state index contributed by atoms with van der Waals surface area (Å²) >= 11 is 0. The molecule has 0 spiro atoms. The second-order valence-electron chi connectivity index (χ2n) is 3.92. The summed E-state index contributed by atoms with van der Waals surface area (Å²) in [5, 5.41) is 3.56. The van der Waals surface area contributed by atoms with Gasteiger partial charge in [0.05, 0.1) is 0 Å².